The maximum atomic E-state index is 11.0. The summed E-state index contributed by atoms with van der Waals surface area (Å²) < 4.78 is 5.43. The largest absolute Gasteiger partial charge is 0.407 e. The molecular weight excluding hydrogens is 210 g/mol. The predicted molar refractivity (Wildman–Crippen MR) is 56.6 cm³/mol. The molecule has 1 aromatic rings. The predicted octanol–water partition coefficient (Wildman–Crippen LogP) is -0.899. The van der Waals surface area contributed by atoms with Crippen molar-refractivity contribution in [1.29, 1.82) is 0 Å². The molecule has 1 aromatic heterocycles. The van der Waals surface area contributed by atoms with Crippen molar-refractivity contribution < 1.29 is 9.21 Å². The fourth-order valence-corrected chi connectivity index (χ4v) is 1.76. The van der Waals surface area contributed by atoms with E-state index in [1.807, 2.05) is 11.9 Å². The minimum atomic E-state index is -0.266. The van der Waals surface area contributed by atoms with E-state index in [0.717, 1.165) is 13.0 Å². The standard InChI is InChI=1S/C9H15N5O2/c1-11-4-7-12-13-9(16-7)14-3-2-6(5-14)8(10)15/h6,11H,2-5H2,1H3,(H2,10,15). The molecule has 1 aliphatic rings. The third-order valence-electron chi connectivity index (χ3n) is 2.65. The summed E-state index contributed by atoms with van der Waals surface area (Å²) in [5.41, 5.74) is 5.25. The third kappa shape index (κ3) is 2.13. The lowest BCUT2D eigenvalue weighted by Gasteiger charge is -2.11. The minimum Gasteiger partial charge on any atom is -0.407 e. The van der Waals surface area contributed by atoms with E-state index in [1.165, 1.54) is 0 Å². The molecule has 0 saturated carbocycles. The fraction of sp³-hybridized carbons (Fsp3) is 0.667. The second-order valence-corrected chi connectivity index (χ2v) is 3.84. The number of primary amides is 1. The zero-order valence-electron chi connectivity index (χ0n) is 9.14. The van der Waals surface area contributed by atoms with E-state index in [-0.39, 0.29) is 11.8 Å². The minimum absolute atomic E-state index is 0.111. The summed E-state index contributed by atoms with van der Waals surface area (Å²) in [7, 11) is 1.81. The van der Waals surface area contributed by atoms with Gasteiger partial charge in [0.15, 0.2) is 0 Å². The van der Waals surface area contributed by atoms with Crippen LogP contribution in [0.15, 0.2) is 4.42 Å². The van der Waals surface area contributed by atoms with Crippen molar-refractivity contribution in [1.82, 2.24) is 15.5 Å². The van der Waals surface area contributed by atoms with Crippen LogP contribution in [0.1, 0.15) is 12.3 Å². The lowest BCUT2D eigenvalue weighted by Crippen LogP contribution is -2.27. The van der Waals surface area contributed by atoms with Crippen LogP contribution in [0.25, 0.3) is 0 Å². The molecule has 0 aromatic carbocycles. The molecule has 2 heterocycles. The molecule has 1 unspecified atom stereocenters. The highest BCUT2D eigenvalue weighted by Gasteiger charge is 2.29. The van der Waals surface area contributed by atoms with Crippen molar-refractivity contribution in [2.75, 3.05) is 25.0 Å². The summed E-state index contributed by atoms with van der Waals surface area (Å²) in [6, 6.07) is 0.467. The Kier molecular flexibility index (Phi) is 3.04. The summed E-state index contributed by atoms with van der Waals surface area (Å²) in [5.74, 6) is 0.164. The highest BCUT2D eigenvalue weighted by Crippen LogP contribution is 2.22. The van der Waals surface area contributed by atoms with Crippen LogP contribution >= 0.6 is 0 Å². The molecule has 0 aliphatic carbocycles. The summed E-state index contributed by atoms with van der Waals surface area (Å²) in [5, 5.41) is 10.7. The zero-order chi connectivity index (χ0) is 11.5. The molecule has 1 fully saturated rings. The van der Waals surface area contributed by atoms with Crippen LogP contribution in [0.4, 0.5) is 6.01 Å². The Morgan fingerprint density at radius 2 is 2.50 bits per heavy atom. The smallest absolute Gasteiger partial charge is 0.318 e. The second kappa shape index (κ2) is 4.48. The first-order chi connectivity index (χ1) is 7.70. The Labute approximate surface area is 93.0 Å². The summed E-state index contributed by atoms with van der Waals surface area (Å²) in [6.07, 6.45) is 0.749. The number of hydrogen-bond acceptors (Lipinski definition) is 6. The molecule has 1 aliphatic heterocycles. The van der Waals surface area contributed by atoms with Gasteiger partial charge in [0.2, 0.25) is 11.8 Å². The maximum absolute atomic E-state index is 11.0. The van der Waals surface area contributed by atoms with Crippen molar-refractivity contribution in [2.24, 2.45) is 11.7 Å². The van der Waals surface area contributed by atoms with Gasteiger partial charge in [0, 0.05) is 13.1 Å². The summed E-state index contributed by atoms with van der Waals surface area (Å²) in [4.78, 5) is 12.9. The number of carbonyl (C=O) groups is 1. The van der Waals surface area contributed by atoms with Crippen LogP contribution in [0.3, 0.4) is 0 Å². The van der Waals surface area contributed by atoms with Gasteiger partial charge in [-0.1, -0.05) is 5.10 Å². The SMILES string of the molecule is CNCc1nnc(N2CCC(C(N)=O)C2)o1. The van der Waals surface area contributed by atoms with Crippen molar-refractivity contribution in [3.05, 3.63) is 5.89 Å². The number of anilines is 1. The Morgan fingerprint density at radius 3 is 3.12 bits per heavy atom. The van der Waals surface area contributed by atoms with Crippen LogP contribution in [0.2, 0.25) is 0 Å². The first-order valence-electron chi connectivity index (χ1n) is 5.22. The molecule has 0 spiro atoms. The van der Waals surface area contributed by atoms with Gasteiger partial charge in [-0.05, 0) is 13.5 Å². The average Bonchev–Trinajstić information content (AvgIpc) is 2.84. The first-order valence-corrected chi connectivity index (χ1v) is 5.22. The Balaban J connectivity index is 2.00. The lowest BCUT2D eigenvalue weighted by molar-refractivity contribution is -0.121. The van der Waals surface area contributed by atoms with Crippen molar-refractivity contribution in [2.45, 2.75) is 13.0 Å². The molecule has 0 bridgehead atoms. The number of rotatable bonds is 4. The molecule has 1 atom stereocenters. The maximum Gasteiger partial charge on any atom is 0.318 e. The highest BCUT2D eigenvalue weighted by molar-refractivity contribution is 5.77. The first kappa shape index (κ1) is 10.9. The molecule has 2 rings (SSSR count). The topological polar surface area (TPSA) is 97.3 Å². The van der Waals surface area contributed by atoms with Crippen LogP contribution in [0, 0.1) is 5.92 Å². The molecule has 3 N–H and O–H groups in total. The van der Waals surface area contributed by atoms with Gasteiger partial charge in [-0.3, -0.25) is 4.79 Å². The molecule has 0 radical (unpaired) electrons. The molecule has 1 saturated heterocycles. The number of carbonyl (C=O) groups excluding carboxylic acids is 1. The van der Waals surface area contributed by atoms with Crippen molar-refractivity contribution >= 4 is 11.9 Å². The molecule has 16 heavy (non-hydrogen) atoms. The Morgan fingerprint density at radius 1 is 1.69 bits per heavy atom. The quantitative estimate of drug-likeness (QED) is 0.689. The van der Waals surface area contributed by atoms with Crippen LogP contribution in [-0.4, -0.2) is 36.2 Å². The van der Waals surface area contributed by atoms with Gasteiger partial charge in [-0.25, -0.2) is 0 Å². The molecule has 88 valence electrons. The average molecular weight is 225 g/mol. The van der Waals surface area contributed by atoms with Crippen molar-refractivity contribution in [3.8, 4) is 0 Å². The van der Waals surface area contributed by atoms with E-state index in [9.17, 15) is 4.79 Å². The number of nitrogens with zero attached hydrogens (tertiary/aromatic N) is 3. The number of hydrogen-bond donors (Lipinski definition) is 2. The second-order valence-electron chi connectivity index (χ2n) is 3.84. The van der Waals surface area contributed by atoms with Crippen LogP contribution < -0.4 is 16.0 Å². The fourth-order valence-electron chi connectivity index (χ4n) is 1.76. The van der Waals surface area contributed by atoms with E-state index >= 15 is 0 Å². The lowest BCUT2D eigenvalue weighted by atomic mass is 10.1. The summed E-state index contributed by atoms with van der Waals surface area (Å²) >= 11 is 0. The van der Waals surface area contributed by atoms with E-state index < -0.39 is 0 Å². The van der Waals surface area contributed by atoms with E-state index in [2.05, 4.69) is 15.5 Å². The zero-order valence-corrected chi connectivity index (χ0v) is 9.14. The number of aromatic nitrogens is 2. The Hall–Kier alpha value is -1.63. The van der Waals surface area contributed by atoms with Crippen LogP contribution in [-0.2, 0) is 11.3 Å². The Bertz CT molecular complexity index is 378. The highest BCUT2D eigenvalue weighted by atomic mass is 16.4. The van der Waals surface area contributed by atoms with Gasteiger partial charge in [0.05, 0.1) is 12.5 Å². The summed E-state index contributed by atoms with van der Waals surface area (Å²) in [6.45, 7) is 1.84. The van der Waals surface area contributed by atoms with Gasteiger partial charge in [-0.2, -0.15) is 0 Å². The molecule has 1 amide bonds. The van der Waals surface area contributed by atoms with E-state index in [0.29, 0.717) is 25.0 Å². The van der Waals surface area contributed by atoms with Gasteiger partial charge in [-0.15, -0.1) is 5.10 Å². The number of nitrogens with two attached hydrogens (primary N) is 1. The molecule has 7 heteroatoms. The van der Waals surface area contributed by atoms with Crippen LogP contribution in [0.5, 0.6) is 0 Å². The number of nitrogens with one attached hydrogen (secondary N) is 1. The van der Waals surface area contributed by atoms with Gasteiger partial charge in [0.1, 0.15) is 0 Å². The van der Waals surface area contributed by atoms with Gasteiger partial charge >= 0.3 is 6.01 Å². The van der Waals surface area contributed by atoms with E-state index in [1.54, 1.807) is 0 Å². The third-order valence-corrected chi connectivity index (χ3v) is 2.65. The monoisotopic (exact) mass is 225 g/mol. The van der Waals surface area contributed by atoms with E-state index in [4.69, 9.17) is 10.2 Å². The van der Waals surface area contributed by atoms with Gasteiger partial charge in [0.25, 0.3) is 0 Å². The van der Waals surface area contributed by atoms with Gasteiger partial charge < -0.3 is 20.4 Å². The number of amides is 1. The normalized spacial score (nSPS) is 20.3. The molecular formula is C9H15N5O2. The molecule has 7 nitrogen and oxygen atoms in total. The van der Waals surface area contributed by atoms with Crippen molar-refractivity contribution in [3.63, 3.8) is 0 Å².